The quantitative estimate of drug-likeness (QED) is 0.569. The summed E-state index contributed by atoms with van der Waals surface area (Å²) in [5.41, 5.74) is 0.348. The van der Waals surface area contributed by atoms with Gasteiger partial charge in [0.2, 0.25) is 0 Å². The van der Waals surface area contributed by atoms with Gasteiger partial charge in [-0.15, -0.1) is 0 Å². The fourth-order valence-electron chi connectivity index (χ4n) is 5.49. The highest BCUT2D eigenvalue weighted by molar-refractivity contribution is 6.72. The highest BCUT2D eigenvalue weighted by Crippen LogP contribution is 2.61. The molecule has 2 rings (SSSR count). The van der Waals surface area contributed by atoms with Crippen LogP contribution in [0.15, 0.2) is 0 Å². The van der Waals surface area contributed by atoms with Gasteiger partial charge in [-0.05, 0) is 67.0 Å². The Balaban J connectivity index is 2.18. The predicted molar refractivity (Wildman–Crippen MR) is 95.2 cm³/mol. The van der Waals surface area contributed by atoms with Crippen LogP contribution in [0, 0.1) is 29.1 Å². The summed E-state index contributed by atoms with van der Waals surface area (Å²) in [6.07, 6.45) is 8.74. The van der Waals surface area contributed by atoms with E-state index in [0.29, 0.717) is 11.3 Å². The van der Waals surface area contributed by atoms with E-state index in [2.05, 4.69) is 40.8 Å². The average Bonchev–Trinajstić information content (AvgIpc) is 2.74. The predicted octanol–water partition coefficient (Wildman–Crippen LogP) is 5.02. The van der Waals surface area contributed by atoms with Crippen LogP contribution < -0.4 is 0 Å². The van der Waals surface area contributed by atoms with Crippen molar-refractivity contribution in [2.75, 3.05) is 0 Å². The lowest BCUT2D eigenvalue weighted by molar-refractivity contribution is -0.114. The molecule has 128 valence electrons. The van der Waals surface area contributed by atoms with E-state index >= 15 is 0 Å². The van der Waals surface area contributed by atoms with Gasteiger partial charge in [-0.3, -0.25) is 0 Å². The molecule has 2 saturated carbocycles. The Kier molecular flexibility index (Phi) is 5.00. The normalized spacial score (nSPS) is 37.7. The summed E-state index contributed by atoms with van der Waals surface area (Å²) in [5.74, 6) is 2.26. The Morgan fingerprint density at radius 3 is 2.50 bits per heavy atom. The molecule has 0 aliphatic heterocycles. The van der Waals surface area contributed by atoms with Gasteiger partial charge in [0.05, 0.1) is 0 Å². The second-order valence-electron chi connectivity index (χ2n) is 9.59. The van der Waals surface area contributed by atoms with Crippen molar-refractivity contribution >= 4 is 14.6 Å². The fraction of sp³-hybridized carbons (Fsp3) is 0.947. The number of hydrogen-bond donors (Lipinski definition) is 1. The maximum atomic E-state index is 11.3. The monoisotopic (exact) mass is 324 g/mol. The van der Waals surface area contributed by atoms with Crippen LogP contribution in [0.25, 0.3) is 0 Å². The molecule has 2 aliphatic carbocycles. The van der Waals surface area contributed by atoms with Crippen LogP contribution in [-0.4, -0.2) is 19.4 Å². The molecule has 0 aromatic rings. The minimum atomic E-state index is -2.14. The fourth-order valence-corrected chi connectivity index (χ4v) is 6.25. The molecule has 5 atom stereocenters. The zero-order chi connectivity index (χ0) is 16.8. The van der Waals surface area contributed by atoms with Crippen molar-refractivity contribution in [3.8, 4) is 0 Å². The highest BCUT2D eigenvalue weighted by Gasteiger charge is 2.53. The minimum absolute atomic E-state index is 0.0737. The summed E-state index contributed by atoms with van der Waals surface area (Å²) in [4.78, 5) is 22.0. The molecule has 0 bridgehead atoms. The molecular weight excluding hydrogens is 288 g/mol. The molecule has 0 aromatic carbocycles. The summed E-state index contributed by atoms with van der Waals surface area (Å²) >= 11 is 0. The lowest BCUT2D eigenvalue weighted by Gasteiger charge is -2.49. The Hall–Kier alpha value is -0.153. The summed E-state index contributed by atoms with van der Waals surface area (Å²) in [7, 11) is -2.14. The van der Waals surface area contributed by atoms with Crippen molar-refractivity contribution in [1.29, 1.82) is 0 Å². The zero-order valence-corrected chi connectivity index (χ0v) is 16.5. The van der Waals surface area contributed by atoms with Gasteiger partial charge in [-0.25, -0.2) is 0 Å². The zero-order valence-electron chi connectivity index (χ0n) is 15.5. The van der Waals surface area contributed by atoms with E-state index in [9.17, 15) is 9.59 Å². The van der Waals surface area contributed by atoms with Gasteiger partial charge < -0.3 is 9.59 Å². The Morgan fingerprint density at radius 2 is 1.95 bits per heavy atom. The molecular formula is C19H36O2Si. The third kappa shape index (κ3) is 3.08. The van der Waals surface area contributed by atoms with Gasteiger partial charge >= 0.3 is 0 Å². The third-order valence-corrected chi connectivity index (χ3v) is 11.1. The van der Waals surface area contributed by atoms with E-state index in [0.717, 1.165) is 18.3 Å². The van der Waals surface area contributed by atoms with Crippen molar-refractivity contribution < 1.29 is 9.59 Å². The van der Waals surface area contributed by atoms with E-state index in [4.69, 9.17) is 0 Å². The number of carbonyl (C=O) groups is 1. The van der Waals surface area contributed by atoms with Crippen LogP contribution in [0.3, 0.4) is 0 Å². The van der Waals surface area contributed by atoms with Gasteiger partial charge in [-0.1, -0.05) is 40.5 Å². The van der Waals surface area contributed by atoms with Crippen molar-refractivity contribution in [1.82, 2.24) is 0 Å². The van der Waals surface area contributed by atoms with E-state index in [-0.39, 0.29) is 11.0 Å². The van der Waals surface area contributed by atoms with Gasteiger partial charge in [0.1, 0.15) is 6.29 Å². The molecule has 2 fully saturated rings. The lowest BCUT2D eigenvalue weighted by Crippen LogP contribution is -2.44. The van der Waals surface area contributed by atoms with Crippen LogP contribution in [0.4, 0.5) is 0 Å². The minimum Gasteiger partial charge on any atom is -0.432 e. The van der Waals surface area contributed by atoms with Gasteiger partial charge in [-0.2, -0.15) is 0 Å². The Labute approximate surface area is 138 Å². The molecule has 0 saturated heterocycles. The number of rotatable bonds is 5. The summed E-state index contributed by atoms with van der Waals surface area (Å²) in [5, 5.41) is 0.0737. The first-order valence-electron chi connectivity index (χ1n) is 9.20. The van der Waals surface area contributed by atoms with Crippen molar-refractivity contribution in [3.63, 3.8) is 0 Å². The number of hydrogen-bond acceptors (Lipinski definition) is 2. The topological polar surface area (TPSA) is 37.3 Å². The number of carbonyl (C=O) groups excluding carboxylic acids is 1. The van der Waals surface area contributed by atoms with Crippen molar-refractivity contribution in [2.45, 2.75) is 84.4 Å². The van der Waals surface area contributed by atoms with E-state index in [1.54, 1.807) is 0 Å². The first-order chi connectivity index (χ1) is 10.0. The SMILES string of the molecule is C[C@H](C=O)[C@H]1CC[C@H]2[C@@H](CC(C)(C)[Si](C)(C)O)CCC[C@]12C. The molecule has 0 heterocycles. The third-order valence-electron chi connectivity index (χ3n) is 7.62. The van der Waals surface area contributed by atoms with Gasteiger partial charge in [0.15, 0.2) is 8.32 Å². The molecule has 0 unspecified atom stereocenters. The van der Waals surface area contributed by atoms with Gasteiger partial charge in [0, 0.05) is 5.92 Å². The Morgan fingerprint density at radius 1 is 1.32 bits per heavy atom. The molecule has 1 N–H and O–H groups in total. The molecule has 22 heavy (non-hydrogen) atoms. The molecule has 0 aromatic heterocycles. The van der Waals surface area contributed by atoms with Crippen molar-refractivity contribution in [2.24, 2.45) is 29.1 Å². The first-order valence-corrected chi connectivity index (χ1v) is 12.2. The molecule has 0 radical (unpaired) electrons. The number of aldehydes is 1. The van der Waals surface area contributed by atoms with Crippen LogP contribution in [-0.2, 0) is 4.79 Å². The number of fused-ring (bicyclic) bond motifs is 1. The second-order valence-corrected chi connectivity index (χ2v) is 14.1. The smallest absolute Gasteiger partial charge is 0.188 e. The summed E-state index contributed by atoms with van der Waals surface area (Å²) < 4.78 is 0. The van der Waals surface area contributed by atoms with Crippen LogP contribution >= 0.6 is 0 Å². The standard InChI is InChI=1S/C19H36O2Si/c1-14(13-20)16-9-10-17-15(8-7-11-19(16,17)4)12-18(2,3)22(5,6)21/h13-17,21H,7-12H2,1-6H3/t14-,15-,16-,17+,19-/m1/s1. The molecule has 0 amide bonds. The molecule has 2 aliphatic rings. The molecule has 2 nitrogen and oxygen atoms in total. The lowest BCUT2D eigenvalue weighted by atomic mass is 9.58. The highest BCUT2D eigenvalue weighted by atomic mass is 28.4. The van der Waals surface area contributed by atoms with Crippen LogP contribution in [0.2, 0.25) is 18.1 Å². The van der Waals surface area contributed by atoms with E-state index in [1.807, 2.05) is 0 Å². The van der Waals surface area contributed by atoms with E-state index in [1.165, 1.54) is 38.4 Å². The second kappa shape index (κ2) is 6.05. The maximum absolute atomic E-state index is 11.3. The average molecular weight is 325 g/mol. The van der Waals surface area contributed by atoms with Crippen LogP contribution in [0.1, 0.15) is 66.2 Å². The largest absolute Gasteiger partial charge is 0.432 e. The van der Waals surface area contributed by atoms with Crippen LogP contribution in [0.5, 0.6) is 0 Å². The molecule has 3 heteroatoms. The molecule has 0 spiro atoms. The van der Waals surface area contributed by atoms with E-state index < -0.39 is 8.32 Å². The maximum Gasteiger partial charge on any atom is 0.188 e. The van der Waals surface area contributed by atoms with Gasteiger partial charge in [0.25, 0.3) is 0 Å². The summed E-state index contributed by atoms with van der Waals surface area (Å²) in [6, 6.07) is 0. The first kappa shape index (κ1) is 18.2. The summed E-state index contributed by atoms with van der Waals surface area (Å²) in [6.45, 7) is 13.3. The van der Waals surface area contributed by atoms with Crippen molar-refractivity contribution in [3.05, 3.63) is 0 Å². The Bertz CT molecular complexity index is 412.